The van der Waals surface area contributed by atoms with Gasteiger partial charge in [0.2, 0.25) is 0 Å². The van der Waals surface area contributed by atoms with Crippen LogP contribution in [0.4, 0.5) is 0 Å². The van der Waals surface area contributed by atoms with Crippen LogP contribution >= 0.6 is 15.9 Å². The molecule has 1 aliphatic heterocycles. The van der Waals surface area contributed by atoms with E-state index in [1.54, 1.807) is 0 Å². The SMILES string of the molecule is CC(C)C(CBr)C1OCCO1. The van der Waals surface area contributed by atoms with Crippen molar-refractivity contribution in [2.75, 3.05) is 18.5 Å². The molecule has 1 rings (SSSR count). The second kappa shape index (κ2) is 4.43. The van der Waals surface area contributed by atoms with Crippen LogP contribution in [0.25, 0.3) is 0 Å². The Morgan fingerprint density at radius 2 is 1.91 bits per heavy atom. The average Bonchev–Trinajstić information content (AvgIpc) is 2.40. The lowest BCUT2D eigenvalue weighted by Gasteiger charge is -2.23. The van der Waals surface area contributed by atoms with Crippen LogP contribution in [-0.4, -0.2) is 24.8 Å². The van der Waals surface area contributed by atoms with Crippen LogP contribution in [0.15, 0.2) is 0 Å². The fraction of sp³-hybridized carbons (Fsp3) is 1.00. The van der Waals surface area contributed by atoms with Gasteiger partial charge in [-0.2, -0.15) is 0 Å². The zero-order valence-electron chi connectivity index (χ0n) is 7.05. The molecule has 0 spiro atoms. The predicted molar refractivity (Wildman–Crippen MR) is 47.8 cm³/mol. The molecule has 1 aliphatic rings. The van der Waals surface area contributed by atoms with Crippen LogP contribution in [0.5, 0.6) is 0 Å². The first-order valence-corrected chi connectivity index (χ1v) is 5.17. The monoisotopic (exact) mass is 222 g/mol. The van der Waals surface area contributed by atoms with Crippen molar-refractivity contribution in [3.05, 3.63) is 0 Å². The molecule has 0 aromatic rings. The molecule has 0 N–H and O–H groups in total. The van der Waals surface area contributed by atoms with Crippen LogP contribution < -0.4 is 0 Å². The molecule has 66 valence electrons. The highest BCUT2D eigenvalue weighted by molar-refractivity contribution is 9.09. The molecule has 0 radical (unpaired) electrons. The van der Waals surface area contributed by atoms with Crippen molar-refractivity contribution in [2.24, 2.45) is 11.8 Å². The van der Waals surface area contributed by atoms with E-state index in [2.05, 4.69) is 29.8 Å². The number of halogens is 1. The first-order valence-electron chi connectivity index (χ1n) is 4.05. The summed E-state index contributed by atoms with van der Waals surface area (Å²) < 4.78 is 10.8. The van der Waals surface area contributed by atoms with E-state index in [0.29, 0.717) is 11.8 Å². The van der Waals surface area contributed by atoms with Crippen molar-refractivity contribution in [3.63, 3.8) is 0 Å². The second-order valence-corrected chi connectivity index (χ2v) is 3.82. The van der Waals surface area contributed by atoms with Crippen LogP contribution in [0.3, 0.4) is 0 Å². The van der Waals surface area contributed by atoms with Gasteiger partial charge in [0.25, 0.3) is 0 Å². The molecule has 3 heteroatoms. The van der Waals surface area contributed by atoms with Gasteiger partial charge in [-0.1, -0.05) is 29.8 Å². The molecule has 0 bridgehead atoms. The normalized spacial score (nSPS) is 22.9. The molecule has 1 heterocycles. The first kappa shape index (κ1) is 9.49. The van der Waals surface area contributed by atoms with Gasteiger partial charge in [0.15, 0.2) is 6.29 Å². The van der Waals surface area contributed by atoms with Gasteiger partial charge in [0, 0.05) is 11.2 Å². The van der Waals surface area contributed by atoms with Crippen LogP contribution in [-0.2, 0) is 9.47 Å². The van der Waals surface area contributed by atoms with Crippen molar-refractivity contribution >= 4 is 15.9 Å². The van der Waals surface area contributed by atoms with Crippen LogP contribution in [0.2, 0.25) is 0 Å². The fourth-order valence-electron chi connectivity index (χ4n) is 1.19. The van der Waals surface area contributed by atoms with E-state index in [1.807, 2.05) is 0 Å². The molecule has 0 aromatic carbocycles. The van der Waals surface area contributed by atoms with E-state index in [-0.39, 0.29) is 6.29 Å². The molecule has 0 aromatic heterocycles. The smallest absolute Gasteiger partial charge is 0.161 e. The standard InChI is InChI=1S/C8H15BrO2/c1-6(2)7(5-9)8-10-3-4-11-8/h6-8H,3-5H2,1-2H3. The van der Waals surface area contributed by atoms with Gasteiger partial charge < -0.3 is 9.47 Å². The number of ether oxygens (including phenoxy) is 2. The molecule has 1 saturated heterocycles. The summed E-state index contributed by atoms with van der Waals surface area (Å²) in [4.78, 5) is 0. The van der Waals surface area contributed by atoms with E-state index >= 15 is 0 Å². The molecule has 1 fully saturated rings. The van der Waals surface area contributed by atoms with Gasteiger partial charge in [0.05, 0.1) is 13.2 Å². The molecule has 0 aliphatic carbocycles. The fourth-order valence-corrected chi connectivity index (χ4v) is 2.24. The van der Waals surface area contributed by atoms with Crippen LogP contribution in [0.1, 0.15) is 13.8 Å². The van der Waals surface area contributed by atoms with Crippen molar-refractivity contribution in [1.29, 1.82) is 0 Å². The molecular weight excluding hydrogens is 208 g/mol. The highest BCUT2D eigenvalue weighted by atomic mass is 79.9. The number of hydrogen-bond donors (Lipinski definition) is 0. The average molecular weight is 223 g/mol. The van der Waals surface area contributed by atoms with E-state index in [4.69, 9.17) is 9.47 Å². The van der Waals surface area contributed by atoms with Crippen molar-refractivity contribution < 1.29 is 9.47 Å². The summed E-state index contributed by atoms with van der Waals surface area (Å²) in [5.41, 5.74) is 0. The summed E-state index contributed by atoms with van der Waals surface area (Å²) >= 11 is 3.47. The number of hydrogen-bond acceptors (Lipinski definition) is 2. The lowest BCUT2D eigenvalue weighted by atomic mass is 9.98. The number of alkyl halides is 1. The molecule has 1 atom stereocenters. The minimum Gasteiger partial charge on any atom is -0.350 e. The molecule has 0 saturated carbocycles. The third-order valence-electron chi connectivity index (χ3n) is 2.03. The quantitative estimate of drug-likeness (QED) is 0.681. The van der Waals surface area contributed by atoms with Crippen LogP contribution in [0, 0.1) is 11.8 Å². The largest absolute Gasteiger partial charge is 0.350 e. The molecule has 11 heavy (non-hydrogen) atoms. The van der Waals surface area contributed by atoms with E-state index in [9.17, 15) is 0 Å². The van der Waals surface area contributed by atoms with E-state index in [1.165, 1.54) is 0 Å². The van der Waals surface area contributed by atoms with E-state index < -0.39 is 0 Å². The van der Waals surface area contributed by atoms with Crippen molar-refractivity contribution in [3.8, 4) is 0 Å². The number of rotatable bonds is 3. The Balaban J connectivity index is 2.40. The summed E-state index contributed by atoms with van der Waals surface area (Å²) in [6.45, 7) is 5.88. The first-order chi connectivity index (χ1) is 5.25. The lowest BCUT2D eigenvalue weighted by molar-refractivity contribution is -0.0879. The summed E-state index contributed by atoms with van der Waals surface area (Å²) in [7, 11) is 0. The van der Waals surface area contributed by atoms with Gasteiger partial charge in [-0.3, -0.25) is 0 Å². The Morgan fingerprint density at radius 1 is 1.36 bits per heavy atom. The Labute approximate surface area is 76.4 Å². The third-order valence-corrected chi connectivity index (χ3v) is 2.78. The Kier molecular flexibility index (Phi) is 3.82. The van der Waals surface area contributed by atoms with Gasteiger partial charge >= 0.3 is 0 Å². The van der Waals surface area contributed by atoms with Gasteiger partial charge in [-0.05, 0) is 5.92 Å². The van der Waals surface area contributed by atoms with Crippen molar-refractivity contribution in [2.45, 2.75) is 20.1 Å². The molecular formula is C8H15BrO2. The zero-order valence-corrected chi connectivity index (χ0v) is 8.63. The zero-order chi connectivity index (χ0) is 8.27. The molecule has 2 nitrogen and oxygen atoms in total. The maximum absolute atomic E-state index is 5.42. The topological polar surface area (TPSA) is 18.5 Å². The summed E-state index contributed by atoms with van der Waals surface area (Å²) in [6.07, 6.45) is 0.0226. The lowest BCUT2D eigenvalue weighted by Crippen LogP contribution is -2.27. The Bertz CT molecular complexity index is 111. The minimum atomic E-state index is 0.0226. The highest BCUT2D eigenvalue weighted by Crippen LogP contribution is 2.23. The Morgan fingerprint density at radius 3 is 2.27 bits per heavy atom. The highest BCUT2D eigenvalue weighted by Gasteiger charge is 2.28. The predicted octanol–water partition coefficient (Wildman–Crippen LogP) is 2.03. The van der Waals surface area contributed by atoms with Gasteiger partial charge in [-0.15, -0.1) is 0 Å². The Hall–Kier alpha value is 0.400. The summed E-state index contributed by atoms with van der Waals surface area (Å²) in [5.74, 6) is 1.09. The second-order valence-electron chi connectivity index (χ2n) is 3.17. The summed E-state index contributed by atoms with van der Waals surface area (Å²) in [5, 5.41) is 0.954. The molecule has 1 unspecified atom stereocenters. The summed E-state index contributed by atoms with van der Waals surface area (Å²) in [6, 6.07) is 0. The van der Waals surface area contributed by atoms with Crippen molar-refractivity contribution in [1.82, 2.24) is 0 Å². The van der Waals surface area contributed by atoms with Gasteiger partial charge in [0.1, 0.15) is 0 Å². The maximum atomic E-state index is 5.42. The van der Waals surface area contributed by atoms with E-state index in [0.717, 1.165) is 18.5 Å². The maximum Gasteiger partial charge on any atom is 0.161 e. The molecule has 0 amide bonds. The van der Waals surface area contributed by atoms with Gasteiger partial charge in [-0.25, -0.2) is 0 Å². The third kappa shape index (κ3) is 2.42. The minimum absolute atomic E-state index is 0.0226.